The van der Waals surface area contributed by atoms with E-state index >= 15 is 0 Å². The molecule has 2 rings (SSSR count). The number of aliphatic hydroxyl groups is 1. The van der Waals surface area contributed by atoms with Gasteiger partial charge in [0.1, 0.15) is 11.7 Å². The zero-order chi connectivity index (χ0) is 10.7. The summed E-state index contributed by atoms with van der Waals surface area (Å²) in [7, 11) is 0. The first-order valence-electron chi connectivity index (χ1n) is 4.96. The van der Waals surface area contributed by atoms with Crippen molar-refractivity contribution in [2.75, 3.05) is 6.61 Å². The summed E-state index contributed by atoms with van der Waals surface area (Å²) in [5.74, 6) is 0. The van der Waals surface area contributed by atoms with E-state index in [1.807, 2.05) is 30.3 Å². The van der Waals surface area contributed by atoms with Gasteiger partial charge in [-0.1, -0.05) is 49.1 Å². The molecule has 0 saturated carbocycles. The van der Waals surface area contributed by atoms with Crippen LogP contribution in [0.3, 0.4) is 0 Å². The summed E-state index contributed by atoms with van der Waals surface area (Å²) in [5, 5.41) is 10.3. The van der Waals surface area contributed by atoms with E-state index in [0.717, 1.165) is 5.56 Å². The molecule has 0 aliphatic carbocycles. The van der Waals surface area contributed by atoms with Crippen molar-refractivity contribution in [2.24, 2.45) is 0 Å². The van der Waals surface area contributed by atoms with Gasteiger partial charge < -0.3 is 9.84 Å². The molecule has 2 atom stereocenters. The number of benzene rings is 1. The van der Waals surface area contributed by atoms with Crippen LogP contribution in [0.5, 0.6) is 0 Å². The van der Waals surface area contributed by atoms with Gasteiger partial charge in [-0.3, -0.25) is 0 Å². The molecule has 0 fully saturated rings. The van der Waals surface area contributed by atoms with E-state index in [4.69, 9.17) is 4.74 Å². The van der Waals surface area contributed by atoms with Crippen molar-refractivity contribution >= 4 is 0 Å². The topological polar surface area (TPSA) is 29.5 Å². The lowest BCUT2D eigenvalue weighted by Crippen LogP contribution is -2.36. The normalized spacial score (nSPS) is 30.1. The van der Waals surface area contributed by atoms with Gasteiger partial charge in [-0.2, -0.15) is 0 Å². The first-order chi connectivity index (χ1) is 7.26. The van der Waals surface area contributed by atoms with Gasteiger partial charge in [0.15, 0.2) is 0 Å². The highest BCUT2D eigenvalue weighted by Gasteiger charge is 2.35. The predicted octanol–water partition coefficient (Wildman–Crippen LogP) is 2.23. The molecule has 1 aliphatic heterocycles. The molecule has 0 saturated heterocycles. The quantitative estimate of drug-likeness (QED) is 0.745. The smallest absolute Gasteiger partial charge is 0.131 e. The molecule has 2 nitrogen and oxygen atoms in total. The number of ether oxygens (including phenoxy) is 1. The van der Waals surface area contributed by atoms with Crippen molar-refractivity contribution in [1.29, 1.82) is 0 Å². The summed E-state index contributed by atoms with van der Waals surface area (Å²) < 4.78 is 5.56. The monoisotopic (exact) mass is 202 g/mol. The van der Waals surface area contributed by atoms with Crippen LogP contribution in [0.15, 0.2) is 55.1 Å². The first-order valence-corrected chi connectivity index (χ1v) is 4.96. The summed E-state index contributed by atoms with van der Waals surface area (Å²) in [6, 6.07) is 9.69. The Morgan fingerprint density at radius 2 is 2.13 bits per heavy atom. The average molecular weight is 202 g/mol. The molecule has 0 spiro atoms. The van der Waals surface area contributed by atoms with E-state index in [1.165, 1.54) is 6.08 Å². The van der Waals surface area contributed by atoms with Gasteiger partial charge in [0.2, 0.25) is 0 Å². The van der Waals surface area contributed by atoms with Crippen molar-refractivity contribution in [3.05, 3.63) is 60.7 Å². The second-order valence-corrected chi connectivity index (χ2v) is 3.62. The summed E-state index contributed by atoms with van der Waals surface area (Å²) in [6.07, 6.45) is 4.70. The van der Waals surface area contributed by atoms with Crippen molar-refractivity contribution in [2.45, 2.75) is 11.7 Å². The van der Waals surface area contributed by atoms with Gasteiger partial charge in [-0.25, -0.2) is 0 Å². The van der Waals surface area contributed by atoms with Crippen LogP contribution in [0.1, 0.15) is 11.7 Å². The Morgan fingerprint density at radius 3 is 2.80 bits per heavy atom. The molecule has 1 N–H and O–H groups in total. The van der Waals surface area contributed by atoms with Crippen LogP contribution in [-0.4, -0.2) is 17.3 Å². The minimum atomic E-state index is -1.10. The Morgan fingerprint density at radius 1 is 1.40 bits per heavy atom. The SMILES string of the molecule is C=C[C@@]1(O)C=CCO[C@@H]1c1ccccc1. The van der Waals surface area contributed by atoms with Gasteiger partial charge in [0.25, 0.3) is 0 Å². The van der Waals surface area contributed by atoms with Crippen molar-refractivity contribution < 1.29 is 9.84 Å². The predicted molar refractivity (Wildman–Crippen MR) is 59.4 cm³/mol. The van der Waals surface area contributed by atoms with Crippen molar-refractivity contribution in [1.82, 2.24) is 0 Å². The molecule has 1 aromatic carbocycles. The molecular formula is C13H14O2. The molecule has 0 aromatic heterocycles. The van der Waals surface area contributed by atoms with E-state index in [9.17, 15) is 5.11 Å². The average Bonchev–Trinajstić information content (AvgIpc) is 2.31. The molecule has 0 bridgehead atoms. The van der Waals surface area contributed by atoms with E-state index in [1.54, 1.807) is 12.2 Å². The zero-order valence-corrected chi connectivity index (χ0v) is 8.47. The van der Waals surface area contributed by atoms with Gasteiger partial charge in [0.05, 0.1) is 6.61 Å². The van der Waals surface area contributed by atoms with Crippen LogP contribution >= 0.6 is 0 Å². The fraction of sp³-hybridized carbons (Fsp3) is 0.231. The summed E-state index contributed by atoms with van der Waals surface area (Å²) >= 11 is 0. The summed E-state index contributed by atoms with van der Waals surface area (Å²) in [6.45, 7) is 4.17. The largest absolute Gasteiger partial charge is 0.379 e. The Kier molecular flexibility index (Phi) is 2.71. The van der Waals surface area contributed by atoms with Crippen molar-refractivity contribution in [3.8, 4) is 0 Å². The second kappa shape index (κ2) is 4.01. The maximum absolute atomic E-state index is 10.3. The summed E-state index contributed by atoms with van der Waals surface area (Å²) in [5.41, 5.74) is -0.135. The number of hydrogen-bond donors (Lipinski definition) is 1. The lowest BCUT2D eigenvalue weighted by Gasteiger charge is -2.33. The van der Waals surface area contributed by atoms with E-state index < -0.39 is 5.60 Å². The number of rotatable bonds is 2. The minimum absolute atomic E-state index is 0.360. The zero-order valence-electron chi connectivity index (χ0n) is 8.47. The minimum Gasteiger partial charge on any atom is -0.379 e. The van der Waals surface area contributed by atoms with Crippen LogP contribution in [0.2, 0.25) is 0 Å². The third-order valence-electron chi connectivity index (χ3n) is 2.59. The van der Waals surface area contributed by atoms with Gasteiger partial charge in [0, 0.05) is 0 Å². The molecule has 1 aliphatic rings. The van der Waals surface area contributed by atoms with Crippen LogP contribution in [0.25, 0.3) is 0 Å². The van der Waals surface area contributed by atoms with E-state index in [2.05, 4.69) is 6.58 Å². The molecule has 78 valence electrons. The molecule has 0 amide bonds. The summed E-state index contributed by atoms with van der Waals surface area (Å²) in [4.78, 5) is 0. The molecule has 1 aromatic rings. The third kappa shape index (κ3) is 1.87. The number of hydrogen-bond acceptors (Lipinski definition) is 2. The maximum atomic E-state index is 10.3. The lowest BCUT2D eigenvalue weighted by atomic mass is 9.89. The van der Waals surface area contributed by atoms with Gasteiger partial charge in [-0.05, 0) is 11.6 Å². The third-order valence-corrected chi connectivity index (χ3v) is 2.59. The maximum Gasteiger partial charge on any atom is 0.131 e. The van der Waals surface area contributed by atoms with Crippen LogP contribution in [0.4, 0.5) is 0 Å². The lowest BCUT2D eigenvalue weighted by molar-refractivity contribution is -0.0590. The highest BCUT2D eigenvalue weighted by atomic mass is 16.5. The van der Waals surface area contributed by atoms with Crippen LogP contribution < -0.4 is 0 Å². The highest BCUT2D eigenvalue weighted by Crippen LogP contribution is 2.34. The Labute approximate surface area is 89.5 Å². The Balaban J connectivity index is 2.36. The standard InChI is InChI=1S/C13H14O2/c1-2-13(14)9-6-10-15-12(13)11-7-4-3-5-8-11/h2-9,12,14H,1,10H2/t12-,13-/m1/s1. The Hall–Kier alpha value is -1.38. The molecule has 0 unspecified atom stereocenters. The highest BCUT2D eigenvalue weighted by molar-refractivity contribution is 5.28. The van der Waals surface area contributed by atoms with Crippen LogP contribution in [-0.2, 0) is 4.74 Å². The molecule has 2 heteroatoms. The first kappa shape index (κ1) is 10.1. The molecule has 0 radical (unpaired) electrons. The van der Waals surface area contributed by atoms with E-state index in [0.29, 0.717) is 6.61 Å². The fourth-order valence-corrected chi connectivity index (χ4v) is 1.78. The fourth-order valence-electron chi connectivity index (χ4n) is 1.78. The second-order valence-electron chi connectivity index (χ2n) is 3.62. The molecule has 1 heterocycles. The van der Waals surface area contributed by atoms with Crippen molar-refractivity contribution in [3.63, 3.8) is 0 Å². The molecular weight excluding hydrogens is 188 g/mol. The van der Waals surface area contributed by atoms with Gasteiger partial charge >= 0.3 is 0 Å². The molecule has 15 heavy (non-hydrogen) atoms. The van der Waals surface area contributed by atoms with Crippen LogP contribution in [0, 0.1) is 0 Å². The van der Waals surface area contributed by atoms with Gasteiger partial charge in [-0.15, -0.1) is 0 Å². The van der Waals surface area contributed by atoms with E-state index in [-0.39, 0.29) is 6.10 Å². The Bertz CT molecular complexity index is 369.